The molecule has 262 valence electrons. The summed E-state index contributed by atoms with van der Waals surface area (Å²) in [5.74, 6) is 1.17. The number of likely N-dealkylation sites (N-methyl/N-ethyl adjacent to an activating group) is 1. The van der Waals surface area contributed by atoms with Gasteiger partial charge >= 0.3 is 0 Å². The minimum absolute atomic E-state index is 0.0898. The molecule has 0 radical (unpaired) electrons. The fraction of sp³-hybridized carbons (Fsp3) is 0.579. The molecule has 49 heavy (non-hydrogen) atoms. The number of rotatable bonds is 6. The summed E-state index contributed by atoms with van der Waals surface area (Å²) in [5.41, 5.74) is 5.77. The van der Waals surface area contributed by atoms with E-state index in [1.165, 1.54) is 41.6 Å². The normalized spacial score (nSPS) is 28.2. The lowest BCUT2D eigenvalue weighted by Crippen LogP contribution is -2.58. The molecule has 2 saturated heterocycles. The Balaban J connectivity index is 1.26. The Kier molecular flexibility index (Phi) is 8.61. The second kappa shape index (κ2) is 12.8. The van der Waals surface area contributed by atoms with Crippen LogP contribution in [0.5, 0.6) is 5.75 Å². The van der Waals surface area contributed by atoms with Crippen LogP contribution in [0.3, 0.4) is 0 Å². The molecule has 3 aromatic rings. The van der Waals surface area contributed by atoms with E-state index >= 15 is 0 Å². The largest absolute Gasteiger partial charge is 0.497 e. The molecule has 4 fully saturated rings. The van der Waals surface area contributed by atoms with Crippen LogP contribution in [0, 0.1) is 5.41 Å². The third kappa shape index (κ3) is 5.61. The first-order valence-electron chi connectivity index (χ1n) is 18.1. The lowest BCUT2D eigenvalue weighted by atomic mass is 9.81. The highest BCUT2D eigenvalue weighted by molar-refractivity contribution is 7.81. The van der Waals surface area contributed by atoms with Gasteiger partial charge in [0.1, 0.15) is 5.75 Å². The number of aromatic nitrogens is 1. The Bertz CT molecular complexity index is 1800. The van der Waals surface area contributed by atoms with Crippen LogP contribution in [-0.4, -0.2) is 100 Å². The summed E-state index contributed by atoms with van der Waals surface area (Å²) < 4.78 is 31.1. The first-order chi connectivity index (χ1) is 23.7. The summed E-state index contributed by atoms with van der Waals surface area (Å²) in [6.07, 6.45) is 6.70. The zero-order chi connectivity index (χ0) is 34.0. The van der Waals surface area contributed by atoms with Crippen LogP contribution in [-0.2, 0) is 27.2 Å². The summed E-state index contributed by atoms with van der Waals surface area (Å²) in [6.45, 7) is 8.42. The molecule has 3 aliphatic heterocycles. The number of carbonyl (C=O) groups is 2. The molecule has 11 heteroatoms. The number of amides is 2. The van der Waals surface area contributed by atoms with E-state index in [-0.39, 0.29) is 29.8 Å². The van der Waals surface area contributed by atoms with Gasteiger partial charge in [0.05, 0.1) is 31.4 Å². The van der Waals surface area contributed by atoms with Gasteiger partial charge in [-0.05, 0) is 87.5 Å². The zero-order valence-corrected chi connectivity index (χ0v) is 30.0. The topological polar surface area (TPSA) is 96.3 Å². The number of hydrogen-bond donors (Lipinski definition) is 1. The Labute approximate surface area is 291 Å². The number of nitrogens with one attached hydrogen (secondary N) is 1. The maximum absolute atomic E-state index is 14.9. The Morgan fingerprint density at radius 2 is 1.73 bits per heavy atom. The maximum Gasteiger partial charge on any atom is 0.264 e. The van der Waals surface area contributed by atoms with Gasteiger partial charge in [-0.3, -0.25) is 19.2 Å². The second-order valence-corrected chi connectivity index (χ2v) is 16.3. The van der Waals surface area contributed by atoms with Gasteiger partial charge in [-0.2, -0.15) is 0 Å². The molecule has 2 aromatic carbocycles. The van der Waals surface area contributed by atoms with Gasteiger partial charge < -0.3 is 18.9 Å². The van der Waals surface area contributed by atoms with Gasteiger partial charge in [-0.1, -0.05) is 25.3 Å². The number of ether oxygens (including phenoxy) is 2. The lowest BCUT2D eigenvalue weighted by molar-refractivity contribution is -0.141. The number of hydrogen-bond acceptors (Lipinski definition) is 6. The quantitative estimate of drug-likeness (QED) is 0.390. The third-order valence-electron chi connectivity index (χ3n) is 12.2. The average molecular weight is 688 g/mol. The van der Waals surface area contributed by atoms with Gasteiger partial charge in [-0.25, -0.2) is 8.51 Å². The number of methoxy groups -OCH3 is 1. The molecule has 5 aliphatic rings. The minimum atomic E-state index is -1.65. The SMILES string of the molecule is COc1ccc2c(c1)C1CC1(C(=O)N1C[C@@H](C)N(C)[C@@H](C)C1)Cn1c-2c(C2CCCCC2)c2ccc(C(=O)NS(=O)N3CCOCC3)cc21. The maximum atomic E-state index is 14.9. The molecule has 3 unspecified atom stereocenters. The molecule has 2 aliphatic carbocycles. The number of nitrogens with zero attached hydrogens (tertiary/aromatic N) is 4. The van der Waals surface area contributed by atoms with Gasteiger partial charge in [-0.15, -0.1) is 0 Å². The predicted octanol–water partition coefficient (Wildman–Crippen LogP) is 5.04. The van der Waals surface area contributed by atoms with Crippen molar-refractivity contribution in [2.24, 2.45) is 5.41 Å². The molecule has 10 nitrogen and oxygen atoms in total. The van der Waals surface area contributed by atoms with Crippen molar-refractivity contribution >= 4 is 33.9 Å². The van der Waals surface area contributed by atoms with E-state index in [1.807, 2.05) is 18.2 Å². The van der Waals surface area contributed by atoms with Crippen LogP contribution >= 0.6 is 0 Å². The Morgan fingerprint density at radius 1 is 1.00 bits per heavy atom. The van der Waals surface area contributed by atoms with Crippen LogP contribution in [0.2, 0.25) is 0 Å². The van der Waals surface area contributed by atoms with Crippen molar-refractivity contribution < 1.29 is 23.3 Å². The van der Waals surface area contributed by atoms with E-state index < -0.39 is 16.6 Å². The molecule has 4 heterocycles. The number of benzene rings is 2. The standard InChI is InChI=1S/C38H49N5O5S/c1-24-21-41(22-25(2)40(24)3)37(45)38-20-32(38)31-19-28(47-4)11-13-29(31)35-34(26-8-6-5-7-9-26)30-12-10-27(18-33(30)43(35)23-38)36(44)39-49(46)42-14-16-48-17-15-42/h10-13,18-19,24-26,32H,5-9,14-17,20-23H2,1-4H3,(H,39,44)/t24-,25+,32?,38?,49?. The number of piperazine rings is 1. The number of fused-ring (bicyclic) bond motifs is 7. The van der Waals surface area contributed by atoms with Crippen molar-refractivity contribution in [3.05, 3.63) is 53.1 Å². The van der Waals surface area contributed by atoms with E-state index in [0.29, 0.717) is 44.3 Å². The van der Waals surface area contributed by atoms with Crippen molar-refractivity contribution in [3.8, 4) is 17.0 Å². The van der Waals surface area contributed by atoms with Crippen molar-refractivity contribution in [1.29, 1.82) is 0 Å². The van der Waals surface area contributed by atoms with Crippen LogP contribution in [0.25, 0.3) is 22.2 Å². The number of carbonyl (C=O) groups excluding carboxylic acids is 2. The highest BCUT2D eigenvalue weighted by Crippen LogP contribution is 2.66. The van der Waals surface area contributed by atoms with Crippen LogP contribution in [0.1, 0.15) is 85.7 Å². The average Bonchev–Trinajstić information content (AvgIpc) is 3.80. The second-order valence-electron chi connectivity index (χ2n) is 15.1. The van der Waals surface area contributed by atoms with Crippen molar-refractivity contribution in [2.75, 3.05) is 53.6 Å². The summed E-state index contributed by atoms with van der Waals surface area (Å²) in [4.78, 5) is 33.0. The molecule has 2 saturated carbocycles. The van der Waals surface area contributed by atoms with E-state index in [9.17, 15) is 13.8 Å². The number of morpholine rings is 1. The Morgan fingerprint density at radius 3 is 2.45 bits per heavy atom. The van der Waals surface area contributed by atoms with Gasteiger partial charge in [0.2, 0.25) is 5.91 Å². The van der Waals surface area contributed by atoms with Crippen molar-refractivity contribution in [1.82, 2.24) is 23.4 Å². The van der Waals surface area contributed by atoms with E-state index in [4.69, 9.17) is 9.47 Å². The fourth-order valence-electron chi connectivity index (χ4n) is 9.22. The fourth-order valence-corrected chi connectivity index (χ4v) is 10.1. The van der Waals surface area contributed by atoms with E-state index in [1.54, 1.807) is 11.4 Å². The van der Waals surface area contributed by atoms with E-state index in [2.05, 4.69) is 58.2 Å². The molecule has 5 atom stereocenters. The highest BCUT2D eigenvalue weighted by Gasteiger charge is 2.64. The third-order valence-corrected chi connectivity index (χ3v) is 13.4. The minimum Gasteiger partial charge on any atom is -0.497 e. The molecule has 0 spiro atoms. The van der Waals surface area contributed by atoms with Gasteiger partial charge in [0.25, 0.3) is 5.91 Å². The monoisotopic (exact) mass is 687 g/mol. The molecule has 2 amide bonds. The first kappa shape index (κ1) is 32.9. The first-order valence-corrected chi connectivity index (χ1v) is 19.2. The smallest absolute Gasteiger partial charge is 0.264 e. The summed E-state index contributed by atoms with van der Waals surface area (Å²) in [7, 11) is 3.86. The van der Waals surface area contributed by atoms with Crippen molar-refractivity contribution in [3.63, 3.8) is 0 Å². The summed E-state index contributed by atoms with van der Waals surface area (Å²) in [5, 5.41) is 1.15. The molecule has 8 rings (SSSR count). The van der Waals surface area contributed by atoms with Gasteiger partial charge in [0, 0.05) is 72.8 Å². The summed E-state index contributed by atoms with van der Waals surface area (Å²) >= 11 is -1.65. The van der Waals surface area contributed by atoms with Gasteiger partial charge in [0.15, 0.2) is 11.2 Å². The van der Waals surface area contributed by atoms with Crippen LogP contribution in [0.4, 0.5) is 0 Å². The zero-order valence-electron chi connectivity index (χ0n) is 29.2. The lowest BCUT2D eigenvalue weighted by Gasteiger charge is -2.43. The summed E-state index contributed by atoms with van der Waals surface area (Å²) in [6, 6.07) is 12.9. The van der Waals surface area contributed by atoms with Crippen molar-refractivity contribution in [2.45, 2.75) is 82.8 Å². The Hall–Kier alpha value is -3.25. The van der Waals surface area contributed by atoms with E-state index in [0.717, 1.165) is 49.0 Å². The molecule has 1 N–H and O–H groups in total. The van der Waals surface area contributed by atoms with Crippen LogP contribution in [0.15, 0.2) is 36.4 Å². The molecular weight excluding hydrogens is 639 g/mol. The molecular formula is C38H49N5O5S. The molecule has 0 bridgehead atoms. The highest BCUT2D eigenvalue weighted by atomic mass is 32.2. The van der Waals surface area contributed by atoms with Crippen LogP contribution < -0.4 is 9.46 Å². The molecule has 1 aromatic heterocycles. The predicted molar refractivity (Wildman–Crippen MR) is 191 cm³/mol.